The van der Waals surface area contributed by atoms with Crippen LogP contribution in [0.15, 0.2) is 60.9 Å². The van der Waals surface area contributed by atoms with Crippen LogP contribution in [-0.2, 0) is 34.9 Å². The van der Waals surface area contributed by atoms with Crippen molar-refractivity contribution in [3.05, 3.63) is 89.0 Å². The number of methoxy groups -OCH3 is 1. The first-order valence-electron chi connectivity index (χ1n) is 13.3. The van der Waals surface area contributed by atoms with Crippen molar-refractivity contribution in [2.45, 2.75) is 44.0 Å². The zero-order valence-electron chi connectivity index (χ0n) is 24.1. The summed E-state index contributed by atoms with van der Waals surface area (Å²) in [5.41, 5.74) is -1.57. The lowest BCUT2D eigenvalue weighted by Gasteiger charge is -2.13. The fourth-order valence-corrected chi connectivity index (χ4v) is 5.55. The van der Waals surface area contributed by atoms with Gasteiger partial charge in [-0.15, -0.1) is 0 Å². The number of benzene rings is 2. The molecule has 3 heterocycles. The SMILES string of the molecule is CN(C)CCc1cn[nH]c1.COCc1cc(C(F)(F)F)cc(C(F)(F)F)c1.Fc1ccccc1.O=C1CPC2CCCN12. The Balaban J connectivity index is 0.000000212. The van der Waals surface area contributed by atoms with Crippen molar-refractivity contribution in [1.29, 1.82) is 0 Å². The van der Waals surface area contributed by atoms with E-state index in [4.69, 9.17) is 0 Å². The summed E-state index contributed by atoms with van der Waals surface area (Å²) in [6, 6.07) is 9.30. The van der Waals surface area contributed by atoms with Gasteiger partial charge in [-0.3, -0.25) is 9.89 Å². The summed E-state index contributed by atoms with van der Waals surface area (Å²) in [6.45, 7) is 1.81. The predicted molar refractivity (Wildman–Crippen MR) is 152 cm³/mol. The summed E-state index contributed by atoms with van der Waals surface area (Å²) in [4.78, 5) is 15.2. The smallest absolute Gasteiger partial charge is 0.380 e. The summed E-state index contributed by atoms with van der Waals surface area (Å²) in [5, 5.41) is 6.64. The van der Waals surface area contributed by atoms with E-state index in [-0.39, 0.29) is 24.1 Å². The van der Waals surface area contributed by atoms with Crippen molar-refractivity contribution in [2.75, 3.05) is 40.5 Å². The second-order valence-corrected chi connectivity index (χ2v) is 11.4. The molecule has 2 saturated heterocycles. The second-order valence-electron chi connectivity index (χ2n) is 9.93. The van der Waals surface area contributed by atoms with Gasteiger partial charge >= 0.3 is 12.4 Å². The minimum Gasteiger partial charge on any atom is -0.380 e. The van der Waals surface area contributed by atoms with E-state index >= 15 is 0 Å². The minimum atomic E-state index is -4.82. The molecule has 0 radical (unpaired) electrons. The van der Waals surface area contributed by atoms with Crippen molar-refractivity contribution in [3.8, 4) is 0 Å². The van der Waals surface area contributed by atoms with E-state index in [1.165, 1.54) is 37.6 Å². The molecular weight excluding hydrogens is 600 g/mol. The monoisotopic (exact) mass is 636 g/mol. The number of amides is 1. The fourth-order valence-electron chi connectivity index (χ4n) is 4.04. The van der Waals surface area contributed by atoms with Crippen LogP contribution in [0.3, 0.4) is 0 Å². The number of alkyl halides is 6. The third kappa shape index (κ3) is 13.4. The summed E-state index contributed by atoms with van der Waals surface area (Å²) < 4.78 is 90.6. The molecule has 0 spiro atoms. The first-order valence-corrected chi connectivity index (χ1v) is 14.6. The molecule has 0 bridgehead atoms. The number of rotatable bonds is 5. The number of nitrogens with zero attached hydrogens (tertiary/aromatic N) is 3. The molecule has 0 aliphatic carbocycles. The molecule has 1 amide bonds. The highest BCUT2D eigenvalue weighted by Gasteiger charge is 2.37. The van der Waals surface area contributed by atoms with Gasteiger partial charge < -0.3 is 14.5 Å². The van der Waals surface area contributed by atoms with Gasteiger partial charge in [-0.1, -0.05) is 26.8 Å². The number of aromatic amines is 1. The average Bonchev–Trinajstić information content (AvgIpc) is 3.69. The van der Waals surface area contributed by atoms with E-state index in [0.29, 0.717) is 23.8 Å². The Kier molecular flexibility index (Phi) is 14.6. The van der Waals surface area contributed by atoms with Gasteiger partial charge in [0.15, 0.2) is 0 Å². The summed E-state index contributed by atoms with van der Waals surface area (Å²) in [6.07, 6.45) is -1.41. The Hall–Kier alpha value is -3.02. The van der Waals surface area contributed by atoms with Crippen LogP contribution in [0.1, 0.15) is 35.1 Å². The van der Waals surface area contributed by atoms with Crippen molar-refractivity contribution >= 4 is 14.5 Å². The van der Waals surface area contributed by atoms with Crippen LogP contribution in [-0.4, -0.2) is 72.1 Å². The highest BCUT2D eigenvalue weighted by molar-refractivity contribution is 7.41. The second kappa shape index (κ2) is 17.3. The minimum absolute atomic E-state index is 0.0825. The molecule has 2 fully saturated rings. The lowest BCUT2D eigenvalue weighted by molar-refractivity contribution is -0.143. The van der Waals surface area contributed by atoms with E-state index in [1.54, 1.807) is 18.2 Å². The molecule has 238 valence electrons. The molecule has 14 heteroatoms. The quantitative estimate of drug-likeness (QED) is 0.246. The first kappa shape index (κ1) is 36.2. The Morgan fingerprint density at radius 2 is 1.65 bits per heavy atom. The van der Waals surface area contributed by atoms with Crippen LogP contribution in [0.5, 0.6) is 0 Å². The average molecular weight is 637 g/mol. The van der Waals surface area contributed by atoms with Gasteiger partial charge in [-0.25, -0.2) is 4.39 Å². The molecule has 3 aromatic rings. The van der Waals surface area contributed by atoms with Gasteiger partial charge in [-0.05, 0) is 74.8 Å². The maximum absolute atomic E-state index is 12.4. The zero-order valence-corrected chi connectivity index (χ0v) is 25.1. The number of carbonyl (C=O) groups excluding carboxylic acids is 1. The fraction of sp³-hybridized carbons (Fsp3) is 0.448. The Labute approximate surface area is 248 Å². The van der Waals surface area contributed by atoms with Crippen LogP contribution in [0.4, 0.5) is 30.7 Å². The molecule has 2 aliphatic rings. The first-order chi connectivity index (χ1) is 20.2. The third-order valence-electron chi connectivity index (χ3n) is 6.16. The Morgan fingerprint density at radius 3 is 2.09 bits per heavy atom. The molecule has 1 N–H and O–H groups in total. The number of aromatic nitrogens is 2. The molecule has 6 nitrogen and oxygen atoms in total. The van der Waals surface area contributed by atoms with Gasteiger partial charge in [-0.2, -0.15) is 31.4 Å². The molecule has 0 saturated carbocycles. The van der Waals surface area contributed by atoms with E-state index in [2.05, 4.69) is 38.8 Å². The standard InChI is InChI=1S/C10H8F6O.C7H13N3.C6H5F.C6H10NOP/c1-17-5-6-2-7(9(11,12)13)4-8(3-6)10(14,15)16;1-10(2)4-3-7-5-8-9-6-7;7-6-4-2-1-3-5-6;8-5-4-9-6-2-1-3-7(5)6/h2-4H,5H2,1H3;5-6H,3-4H2,1-2H3,(H,8,9);1-5H;6,9H,1-4H2. The number of halogens is 7. The van der Waals surface area contributed by atoms with Gasteiger partial charge in [0.1, 0.15) is 5.82 Å². The number of H-pyrrole nitrogens is 1. The normalized spacial score (nSPS) is 16.6. The maximum atomic E-state index is 12.4. The number of hydrogen-bond donors (Lipinski definition) is 1. The largest absolute Gasteiger partial charge is 0.416 e. The van der Waals surface area contributed by atoms with Gasteiger partial charge in [0.25, 0.3) is 0 Å². The van der Waals surface area contributed by atoms with Crippen molar-refractivity contribution in [1.82, 2.24) is 20.0 Å². The van der Waals surface area contributed by atoms with Crippen molar-refractivity contribution < 1.29 is 40.3 Å². The maximum Gasteiger partial charge on any atom is 0.416 e. The zero-order chi connectivity index (χ0) is 32.0. The van der Waals surface area contributed by atoms with Crippen LogP contribution < -0.4 is 0 Å². The molecule has 2 aliphatic heterocycles. The van der Waals surface area contributed by atoms with E-state index in [0.717, 1.165) is 34.3 Å². The topological polar surface area (TPSA) is 61.5 Å². The number of nitrogens with one attached hydrogen (secondary N) is 1. The van der Waals surface area contributed by atoms with Gasteiger partial charge in [0, 0.05) is 38.3 Å². The lowest BCUT2D eigenvalue weighted by Crippen LogP contribution is -2.26. The molecule has 2 atom stereocenters. The molecular formula is C29H36F7N4O2P. The van der Waals surface area contributed by atoms with E-state index in [9.17, 15) is 35.5 Å². The summed E-state index contributed by atoms with van der Waals surface area (Å²) in [5.74, 6) is 0.885. The van der Waals surface area contributed by atoms with Crippen LogP contribution in [0, 0.1) is 5.82 Å². The summed E-state index contributed by atoms with van der Waals surface area (Å²) >= 11 is 0. The number of likely N-dealkylation sites (N-methyl/N-ethyl adjacent to an activating group) is 1. The lowest BCUT2D eigenvalue weighted by atomic mass is 10.1. The molecule has 2 unspecified atom stereocenters. The number of hydrogen-bond acceptors (Lipinski definition) is 4. The van der Waals surface area contributed by atoms with Crippen LogP contribution in [0.2, 0.25) is 0 Å². The van der Waals surface area contributed by atoms with Crippen molar-refractivity contribution in [2.24, 2.45) is 0 Å². The molecule has 43 heavy (non-hydrogen) atoms. The third-order valence-corrected chi connectivity index (χ3v) is 7.73. The van der Waals surface area contributed by atoms with Crippen molar-refractivity contribution in [3.63, 3.8) is 0 Å². The van der Waals surface area contributed by atoms with Gasteiger partial charge in [0.05, 0.1) is 23.9 Å². The molecule has 5 rings (SSSR count). The van der Waals surface area contributed by atoms with E-state index in [1.807, 2.05) is 12.4 Å². The molecule has 1 aromatic heterocycles. The highest BCUT2D eigenvalue weighted by Crippen LogP contribution is 2.38. The Bertz CT molecular complexity index is 1190. The number of carbonyl (C=O) groups is 1. The van der Waals surface area contributed by atoms with E-state index < -0.39 is 23.5 Å². The van der Waals surface area contributed by atoms with Crippen LogP contribution in [0.25, 0.3) is 0 Å². The predicted octanol–water partition coefficient (Wildman–Crippen LogP) is 6.84. The summed E-state index contributed by atoms with van der Waals surface area (Å²) in [7, 11) is 6.23. The van der Waals surface area contributed by atoms with Crippen LogP contribution >= 0.6 is 8.58 Å². The number of fused-ring (bicyclic) bond motifs is 1. The molecule has 2 aromatic carbocycles. The van der Waals surface area contributed by atoms with Gasteiger partial charge in [0.2, 0.25) is 5.91 Å². The Morgan fingerprint density at radius 1 is 1.02 bits per heavy atom. The number of ether oxygens (including phenoxy) is 1. The highest BCUT2D eigenvalue weighted by atomic mass is 31.1.